The molecule has 0 aliphatic rings. The van der Waals surface area contributed by atoms with Gasteiger partial charge in [-0.2, -0.15) is 0 Å². The van der Waals surface area contributed by atoms with Crippen LogP contribution in [0.2, 0.25) is 0 Å². The van der Waals surface area contributed by atoms with Gasteiger partial charge in [0.15, 0.2) is 0 Å². The molecule has 90 valence electrons. The first-order valence-electron chi connectivity index (χ1n) is 5.38. The van der Waals surface area contributed by atoms with Crippen molar-refractivity contribution >= 4 is 11.6 Å². The number of allylic oxidation sites excluding steroid dienone is 1. The molecule has 2 nitrogen and oxygen atoms in total. The van der Waals surface area contributed by atoms with Crippen molar-refractivity contribution in [2.75, 3.05) is 27.4 Å². The quantitative estimate of drug-likeness (QED) is 0.639. The Morgan fingerprint density at radius 2 is 1.80 bits per heavy atom. The fourth-order valence-electron chi connectivity index (χ4n) is 2.15. The molecule has 0 unspecified atom stereocenters. The van der Waals surface area contributed by atoms with Crippen molar-refractivity contribution in [3.05, 3.63) is 11.1 Å². The maximum atomic E-state index is 5.71. The highest BCUT2D eigenvalue weighted by molar-refractivity contribution is 6.25. The fourth-order valence-corrected chi connectivity index (χ4v) is 2.23. The molecule has 0 atom stereocenters. The summed E-state index contributed by atoms with van der Waals surface area (Å²) in [5.41, 5.74) is 2.91. The highest BCUT2D eigenvalue weighted by Crippen LogP contribution is 2.32. The monoisotopic (exact) mass is 234 g/mol. The Balaban J connectivity index is 4.59. The van der Waals surface area contributed by atoms with Crippen LogP contribution in [0.5, 0.6) is 0 Å². The lowest BCUT2D eigenvalue weighted by Crippen LogP contribution is -2.32. The second-order valence-corrected chi connectivity index (χ2v) is 4.47. The van der Waals surface area contributed by atoms with Crippen molar-refractivity contribution < 1.29 is 9.47 Å². The van der Waals surface area contributed by atoms with Crippen LogP contribution >= 0.6 is 11.6 Å². The predicted molar refractivity (Wildman–Crippen MR) is 65.3 cm³/mol. The SMILES string of the molecule is CCCC(COC)(COC)C/C(C)=C/Cl. The van der Waals surface area contributed by atoms with Gasteiger partial charge in [-0.25, -0.2) is 0 Å². The van der Waals surface area contributed by atoms with Gasteiger partial charge in [-0.15, -0.1) is 0 Å². The second-order valence-electron chi connectivity index (χ2n) is 4.25. The molecule has 0 saturated heterocycles. The minimum atomic E-state index is 0.0771. The number of ether oxygens (including phenoxy) is 2. The molecule has 0 aromatic carbocycles. The Kier molecular flexibility index (Phi) is 8.12. The van der Waals surface area contributed by atoms with Crippen LogP contribution in [0, 0.1) is 5.41 Å². The maximum absolute atomic E-state index is 5.71. The Hall–Kier alpha value is -0.0500. The summed E-state index contributed by atoms with van der Waals surface area (Å²) in [6, 6.07) is 0. The summed E-state index contributed by atoms with van der Waals surface area (Å²) in [7, 11) is 3.47. The van der Waals surface area contributed by atoms with E-state index in [4.69, 9.17) is 21.1 Å². The highest BCUT2D eigenvalue weighted by Gasteiger charge is 2.29. The molecule has 0 fully saturated rings. The zero-order chi connectivity index (χ0) is 11.7. The molecule has 3 heteroatoms. The Morgan fingerprint density at radius 3 is 2.13 bits per heavy atom. The smallest absolute Gasteiger partial charge is 0.0543 e. The van der Waals surface area contributed by atoms with Gasteiger partial charge in [-0.3, -0.25) is 0 Å². The summed E-state index contributed by atoms with van der Waals surface area (Å²) in [5.74, 6) is 0. The molecule has 0 aliphatic heterocycles. The van der Waals surface area contributed by atoms with Gasteiger partial charge in [0.2, 0.25) is 0 Å². The first-order chi connectivity index (χ1) is 7.14. The number of hydrogen-bond acceptors (Lipinski definition) is 2. The van der Waals surface area contributed by atoms with Crippen LogP contribution in [-0.2, 0) is 9.47 Å². The predicted octanol–water partition coefficient (Wildman–Crippen LogP) is 3.60. The number of methoxy groups -OCH3 is 2. The number of rotatable bonds is 8. The van der Waals surface area contributed by atoms with Crippen molar-refractivity contribution in [1.82, 2.24) is 0 Å². The van der Waals surface area contributed by atoms with E-state index < -0.39 is 0 Å². The van der Waals surface area contributed by atoms with E-state index in [1.165, 1.54) is 5.57 Å². The van der Waals surface area contributed by atoms with Crippen LogP contribution < -0.4 is 0 Å². The van der Waals surface area contributed by atoms with E-state index in [0.717, 1.165) is 32.5 Å². The molecule has 0 saturated carbocycles. The van der Waals surface area contributed by atoms with Crippen molar-refractivity contribution in [2.24, 2.45) is 5.41 Å². The van der Waals surface area contributed by atoms with Crippen LogP contribution in [-0.4, -0.2) is 27.4 Å². The van der Waals surface area contributed by atoms with E-state index >= 15 is 0 Å². The molecule has 0 radical (unpaired) electrons. The molecular weight excluding hydrogens is 212 g/mol. The van der Waals surface area contributed by atoms with Crippen molar-refractivity contribution in [3.8, 4) is 0 Å². The van der Waals surface area contributed by atoms with Crippen LogP contribution in [0.4, 0.5) is 0 Å². The van der Waals surface area contributed by atoms with Gasteiger partial charge in [-0.05, 0) is 19.8 Å². The molecule has 0 N–H and O–H groups in total. The van der Waals surface area contributed by atoms with Gasteiger partial charge in [0.1, 0.15) is 0 Å². The standard InChI is InChI=1S/C12H23ClO2/c1-5-6-12(9-14-3,10-15-4)7-11(2)8-13/h8H,5-7,9-10H2,1-4H3/b11-8+. The van der Waals surface area contributed by atoms with Crippen LogP contribution in [0.15, 0.2) is 11.1 Å². The third-order valence-corrected chi connectivity index (χ3v) is 2.89. The zero-order valence-corrected chi connectivity index (χ0v) is 11.1. The van der Waals surface area contributed by atoms with E-state index in [1.54, 1.807) is 19.8 Å². The highest BCUT2D eigenvalue weighted by atomic mass is 35.5. The first kappa shape index (κ1) is 14.9. The Labute approximate surface area is 98.6 Å². The van der Waals surface area contributed by atoms with Crippen molar-refractivity contribution in [3.63, 3.8) is 0 Å². The third-order valence-electron chi connectivity index (χ3n) is 2.52. The van der Waals surface area contributed by atoms with E-state index in [0.29, 0.717) is 0 Å². The average molecular weight is 235 g/mol. The molecule has 0 rings (SSSR count). The van der Waals surface area contributed by atoms with E-state index in [9.17, 15) is 0 Å². The van der Waals surface area contributed by atoms with Gasteiger partial charge < -0.3 is 9.47 Å². The summed E-state index contributed by atoms with van der Waals surface area (Å²) in [4.78, 5) is 0. The Morgan fingerprint density at radius 1 is 1.27 bits per heavy atom. The zero-order valence-electron chi connectivity index (χ0n) is 10.3. The van der Waals surface area contributed by atoms with E-state index in [-0.39, 0.29) is 5.41 Å². The lowest BCUT2D eigenvalue weighted by molar-refractivity contribution is 0.00408. The molecule has 0 aromatic heterocycles. The molecule has 0 aromatic rings. The van der Waals surface area contributed by atoms with Crippen molar-refractivity contribution in [2.45, 2.75) is 33.1 Å². The summed E-state index contributed by atoms with van der Waals surface area (Å²) in [6.45, 7) is 5.66. The van der Waals surface area contributed by atoms with Crippen molar-refractivity contribution in [1.29, 1.82) is 0 Å². The third kappa shape index (κ3) is 5.55. The number of halogens is 1. The molecule has 0 bridgehead atoms. The first-order valence-corrected chi connectivity index (χ1v) is 5.81. The van der Waals surface area contributed by atoms with Gasteiger partial charge in [-0.1, -0.05) is 30.5 Å². The topological polar surface area (TPSA) is 18.5 Å². The molecular formula is C12H23ClO2. The molecule has 0 amide bonds. The maximum Gasteiger partial charge on any atom is 0.0543 e. The van der Waals surface area contributed by atoms with Crippen LogP contribution in [0.1, 0.15) is 33.1 Å². The summed E-state index contributed by atoms with van der Waals surface area (Å²) >= 11 is 5.71. The normalized spacial score (nSPS) is 13.3. The average Bonchev–Trinajstić information content (AvgIpc) is 2.18. The molecule has 15 heavy (non-hydrogen) atoms. The van der Waals surface area contributed by atoms with E-state index in [2.05, 4.69) is 6.92 Å². The van der Waals surface area contributed by atoms with Gasteiger partial charge >= 0.3 is 0 Å². The molecule has 0 heterocycles. The molecule has 0 aliphatic carbocycles. The number of hydrogen-bond donors (Lipinski definition) is 0. The van der Waals surface area contributed by atoms with Gasteiger partial charge in [0.05, 0.1) is 13.2 Å². The largest absolute Gasteiger partial charge is 0.384 e. The second kappa shape index (κ2) is 8.14. The molecule has 0 spiro atoms. The van der Waals surface area contributed by atoms with E-state index in [1.807, 2.05) is 6.92 Å². The lowest BCUT2D eigenvalue weighted by Gasteiger charge is -2.32. The lowest BCUT2D eigenvalue weighted by atomic mass is 9.79. The van der Waals surface area contributed by atoms with Crippen LogP contribution in [0.25, 0.3) is 0 Å². The summed E-state index contributed by atoms with van der Waals surface area (Å²) in [5, 5.41) is 0. The summed E-state index contributed by atoms with van der Waals surface area (Å²) < 4.78 is 10.6. The minimum Gasteiger partial charge on any atom is -0.384 e. The van der Waals surface area contributed by atoms with Crippen LogP contribution in [0.3, 0.4) is 0 Å². The minimum absolute atomic E-state index is 0.0771. The fraction of sp³-hybridized carbons (Fsp3) is 0.833. The van der Waals surface area contributed by atoms with Gasteiger partial charge in [0.25, 0.3) is 0 Å². The summed E-state index contributed by atoms with van der Waals surface area (Å²) in [6.07, 6.45) is 3.16. The Bertz CT molecular complexity index is 173. The van der Waals surface area contributed by atoms with Gasteiger partial charge in [0, 0.05) is 25.2 Å².